The highest BCUT2D eigenvalue weighted by Gasteiger charge is 2.31. The van der Waals surface area contributed by atoms with Gasteiger partial charge in [0, 0.05) is 0 Å². The van der Waals surface area contributed by atoms with Crippen molar-refractivity contribution in [2.24, 2.45) is 5.92 Å². The van der Waals surface area contributed by atoms with Crippen LogP contribution < -0.4 is 5.32 Å². The number of hydrogen-bond donors (Lipinski definition) is 1. The van der Waals surface area contributed by atoms with E-state index in [2.05, 4.69) is 15.5 Å². The quantitative estimate of drug-likeness (QED) is 0.715. The molecule has 160 valence electrons. The summed E-state index contributed by atoms with van der Waals surface area (Å²) in [5, 5.41) is 9.53. The van der Waals surface area contributed by atoms with Crippen LogP contribution in [-0.4, -0.2) is 30.3 Å². The zero-order valence-electron chi connectivity index (χ0n) is 17.1. The lowest BCUT2D eigenvalue weighted by Crippen LogP contribution is -2.37. The molecule has 0 aliphatic rings. The second-order valence-electron chi connectivity index (χ2n) is 7.80. The van der Waals surface area contributed by atoms with Gasteiger partial charge in [-0.25, -0.2) is 17.6 Å². The summed E-state index contributed by atoms with van der Waals surface area (Å²) in [6, 6.07) is 4.54. The Morgan fingerprint density at radius 2 is 2.00 bits per heavy atom. The van der Waals surface area contributed by atoms with E-state index in [0.29, 0.717) is 6.42 Å². The average Bonchev–Trinajstić information content (AvgIpc) is 3.08. The van der Waals surface area contributed by atoms with Gasteiger partial charge in [0.25, 0.3) is 0 Å². The highest BCUT2D eigenvalue weighted by atomic mass is 32.2. The Hall–Kier alpha value is -2.49. The molecular weight excluding hydrogens is 401 g/mol. The van der Waals surface area contributed by atoms with Crippen molar-refractivity contribution in [1.82, 2.24) is 15.5 Å². The van der Waals surface area contributed by atoms with Crippen LogP contribution in [0.5, 0.6) is 0 Å². The number of nitrogens with one attached hydrogen (secondary N) is 1. The molecule has 1 amide bonds. The molecular formula is C19H26FN3O5S. The molecule has 2 rings (SSSR count). The van der Waals surface area contributed by atoms with Gasteiger partial charge < -0.3 is 14.5 Å². The Labute approximate surface area is 169 Å². The van der Waals surface area contributed by atoms with Gasteiger partial charge in [-0.15, -0.1) is 5.10 Å². The van der Waals surface area contributed by atoms with E-state index in [4.69, 9.17) is 9.15 Å². The van der Waals surface area contributed by atoms with Crippen LogP contribution >= 0.6 is 0 Å². The molecule has 1 N–H and O–H groups in total. The predicted molar refractivity (Wildman–Crippen MR) is 103 cm³/mol. The van der Waals surface area contributed by atoms with Crippen molar-refractivity contribution < 1.29 is 26.8 Å². The second kappa shape index (κ2) is 8.89. The summed E-state index contributed by atoms with van der Waals surface area (Å²) in [5.41, 5.74) is -0.437. The second-order valence-corrected chi connectivity index (χ2v) is 9.67. The van der Waals surface area contributed by atoms with Crippen LogP contribution in [0.1, 0.15) is 58.5 Å². The summed E-state index contributed by atoms with van der Waals surface area (Å²) in [6.07, 6.45) is -0.0148. The molecule has 0 saturated heterocycles. The maximum Gasteiger partial charge on any atom is 0.408 e. The minimum Gasteiger partial charge on any atom is -0.444 e. The van der Waals surface area contributed by atoms with E-state index in [9.17, 15) is 17.6 Å². The maximum atomic E-state index is 13.3. The third-order valence-electron chi connectivity index (χ3n) is 4.09. The number of ether oxygens (including phenoxy) is 1. The molecule has 0 radical (unpaired) electrons. The molecule has 2 atom stereocenters. The summed E-state index contributed by atoms with van der Waals surface area (Å²) < 4.78 is 49.1. The molecule has 10 heteroatoms. The molecule has 0 bridgehead atoms. The van der Waals surface area contributed by atoms with Gasteiger partial charge in [0.1, 0.15) is 17.5 Å². The number of carbonyl (C=O) groups excluding carboxylic acids is 1. The maximum absolute atomic E-state index is 13.3. The molecule has 29 heavy (non-hydrogen) atoms. The summed E-state index contributed by atoms with van der Waals surface area (Å²) in [7, 11) is -3.98. The SMILES string of the molecule is CC[C@H](C)[C@@H](NC(=O)OC(C)(C)C)c1nnc(S(=O)(=O)Cc2cccc(F)c2)o1. The molecule has 1 aromatic heterocycles. The molecule has 0 fully saturated rings. The molecule has 1 heterocycles. The van der Waals surface area contributed by atoms with Gasteiger partial charge in [0.15, 0.2) is 0 Å². The first-order valence-electron chi connectivity index (χ1n) is 9.21. The fourth-order valence-corrected chi connectivity index (χ4v) is 3.62. The van der Waals surface area contributed by atoms with Gasteiger partial charge in [0.2, 0.25) is 15.7 Å². The number of alkyl carbamates (subject to hydrolysis) is 1. The molecule has 0 saturated carbocycles. The number of hydrogen-bond acceptors (Lipinski definition) is 7. The van der Waals surface area contributed by atoms with Crippen LogP contribution in [0.2, 0.25) is 0 Å². The first kappa shape index (κ1) is 22.8. The molecule has 8 nitrogen and oxygen atoms in total. The highest BCUT2D eigenvalue weighted by molar-refractivity contribution is 7.90. The Morgan fingerprint density at radius 1 is 1.31 bits per heavy atom. The van der Waals surface area contributed by atoms with Crippen LogP contribution in [0.3, 0.4) is 0 Å². The lowest BCUT2D eigenvalue weighted by Gasteiger charge is -2.24. The van der Waals surface area contributed by atoms with E-state index < -0.39 is 44.4 Å². The molecule has 0 spiro atoms. The van der Waals surface area contributed by atoms with E-state index in [1.54, 1.807) is 20.8 Å². The molecule has 2 aromatic rings. The minimum absolute atomic E-state index is 0.0389. The Morgan fingerprint density at radius 3 is 2.59 bits per heavy atom. The molecule has 0 aliphatic heterocycles. The van der Waals surface area contributed by atoms with E-state index >= 15 is 0 Å². The van der Waals surface area contributed by atoms with Crippen LogP contribution in [0.15, 0.2) is 33.9 Å². The number of aromatic nitrogens is 2. The first-order valence-corrected chi connectivity index (χ1v) is 10.9. The molecule has 0 unspecified atom stereocenters. The van der Waals surface area contributed by atoms with Crippen molar-refractivity contribution in [3.63, 3.8) is 0 Å². The van der Waals surface area contributed by atoms with Crippen molar-refractivity contribution in [3.05, 3.63) is 41.5 Å². The van der Waals surface area contributed by atoms with Crippen LogP contribution in [0.4, 0.5) is 9.18 Å². The topological polar surface area (TPSA) is 111 Å². The monoisotopic (exact) mass is 427 g/mol. The largest absolute Gasteiger partial charge is 0.444 e. The summed E-state index contributed by atoms with van der Waals surface area (Å²) in [6.45, 7) is 8.96. The van der Waals surface area contributed by atoms with Crippen molar-refractivity contribution in [2.45, 2.75) is 63.7 Å². The van der Waals surface area contributed by atoms with E-state index in [0.717, 1.165) is 6.07 Å². The number of benzene rings is 1. The Bertz CT molecular complexity index is 953. The number of halogens is 1. The standard InChI is InChI=1S/C19H26FN3O5S/c1-6-12(2)15(21-17(24)28-19(3,4)5)16-22-23-18(27-16)29(25,26)11-13-8-7-9-14(20)10-13/h7-10,12,15H,6,11H2,1-5H3,(H,21,24)/t12-,15+/m0/s1. The molecule has 0 aliphatic carbocycles. The fraction of sp³-hybridized carbons (Fsp3) is 0.526. The van der Waals surface area contributed by atoms with Crippen molar-refractivity contribution in [1.29, 1.82) is 0 Å². The van der Waals surface area contributed by atoms with Gasteiger partial charge in [-0.05, 0) is 44.4 Å². The number of carbonyl (C=O) groups is 1. The normalized spacial score (nSPS) is 14.3. The van der Waals surface area contributed by atoms with Crippen LogP contribution in [-0.2, 0) is 20.3 Å². The minimum atomic E-state index is -3.98. The fourth-order valence-electron chi connectivity index (χ4n) is 2.50. The van der Waals surface area contributed by atoms with Gasteiger partial charge in [-0.2, -0.15) is 0 Å². The van der Waals surface area contributed by atoms with Crippen molar-refractivity contribution >= 4 is 15.9 Å². The van der Waals surface area contributed by atoms with Gasteiger partial charge in [0.05, 0.1) is 5.75 Å². The third-order valence-corrected chi connectivity index (χ3v) is 5.50. The summed E-state index contributed by atoms with van der Waals surface area (Å²) in [4.78, 5) is 12.2. The van der Waals surface area contributed by atoms with E-state index in [1.807, 2.05) is 13.8 Å². The number of amides is 1. The smallest absolute Gasteiger partial charge is 0.408 e. The van der Waals surface area contributed by atoms with E-state index in [-0.39, 0.29) is 17.4 Å². The van der Waals surface area contributed by atoms with Gasteiger partial charge >= 0.3 is 11.3 Å². The van der Waals surface area contributed by atoms with E-state index in [1.165, 1.54) is 18.2 Å². The lowest BCUT2D eigenvalue weighted by atomic mass is 9.99. The first-order chi connectivity index (χ1) is 13.4. The zero-order chi connectivity index (χ0) is 21.8. The van der Waals surface area contributed by atoms with Crippen LogP contribution in [0.25, 0.3) is 0 Å². The lowest BCUT2D eigenvalue weighted by molar-refractivity contribution is 0.0473. The predicted octanol–water partition coefficient (Wildman–Crippen LogP) is 3.79. The average molecular weight is 427 g/mol. The summed E-state index contributed by atoms with van der Waals surface area (Å²) >= 11 is 0. The third kappa shape index (κ3) is 6.52. The Balaban J connectivity index is 2.24. The zero-order valence-corrected chi connectivity index (χ0v) is 17.9. The van der Waals surface area contributed by atoms with Gasteiger partial charge in [-0.3, -0.25) is 0 Å². The highest BCUT2D eigenvalue weighted by Crippen LogP contribution is 2.26. The summed E-state index contributed by atoms with van der Waals surface area (Å²) in [5.74, 6) is -1.19. The van der Waals surface area contributed by atoms with Crippen molar-refractivity contribution in [3.8, 4) is 0 Å². The molecule has 1 aromatic carbocycles. The number of rotatable bonds is 7. The number of nitrogens with zero attached hydrogens (tertiary/aromatic N) is 2. The Kier molecular flexibility index (Phi) is 6.99. The van der Waals surface area contributed by atoms with Gasteiger partial charge in [-0.1, -0.05) is 37.5 Å². The number of sulfone groups is 1. The van der Waals surface area contributed by atoms with Crippen molar-refractivity contribution in [2.75, 3.05) is 0 Å². The van der Waals surface area contributed by atoms with Crippen LogP contribution in [0, 0.1) is 11.7 Å².